The zero-order chi connectivity index (χ0) is 20.3. The fourth-order valence-electron chi connectivity index (χ4n) is 4.77. The van der Waals surface area contributed by atoms with E-state index in [0.717, 1.165) is 59.9 Å². The maximum absolute atomic E-state index is 12.8. The second kappa shape index (κ2) is 6.56. The van der Waals surface area contributed by atoms with Crippen LogP contribution in [0.3, 0.4) is 0 Å². The second-order valence-electron chi connectivity index (χ2n) is 8.38. The number of hydrogen-bond donors (Lipinski definition) is 2. The molecule has 2 heterocycles. The maximum Gasteiger partial charge on any atom is 0.341 e. The number of nitrogens with zero attached hydrogens (tertiary/aromatic N) is 1. The molecule has 3 N–H and O–H groups in total. The molecule has 0 radical (unpaired) electrons. The van der Waals surface area contributed by atoms with E-state index in [9.17, 15) is 14.7 Å². The van der Waals surface area contributed by atoms with Gasteiger partial charge in [-0.25, -0.2) is 4.79 Å². The average Bonchev–Trinajstić information content (AvgIpc) is 3.54. The molecule has 5 heteroatoms. The van der Waals surface area contributed by atoms with Gasteiger partial charge in [-0.3, -0.25) is 9.20 Å². The quantitative estimate of drug-likeness (QED) is 0.705. The molecule has 3 aromatic rings. The van der Waals surface area contributed by atoms with E-state index >= 15 is 0 Å². The highest BCUT2D eigenvalue weighted by molar-refractivity contribution is 5.89. The summed E-state index contributed by atoms with van der Waals surface area (Å²) >= 11 is 0. The first-order valence-electron chi connectivity index (χ1n) is 10.3. The minimum absolute atomic E-state index is 0.0715. The van der Waals surface area contributed by atoms with Crippen molar-refractivity contribution in [2.75, 3.05) is 0 Å². The Morgan fingerprint density at radius 1 is 1.14 bits per heavy atom. The number of aromatic carboxylic acids is 1. The summed E-state index contributed by atoms with van der Waals surface area (Å²) in [5.74, 6) is -0.841. The van der Waals surface area contributed by atoms with Crippen molar-refractivity contribution < 1.29 is 9.90 Å². The number of carbonyl (C=O) groups is 1. The van der Waals surface area contributed by atoms with Crippen molar-refractivity contribution in [2.24, 2.45) is 5.73 Å². The van der Waals surface area contributed by atoms with Crippen molar-refractivity contribution in [3.8, 4) is 11.1 Å². The lowest BCUT2D eigenvalue weighted by atomic mass is 9.85. The van der Waals surface area contributed by atoms with Gasteiger partial charge in [0.2, 0.25) is 0 Å². The van der Waals surface area contributed by atoms with Crippen molar-refractivity contribution in [3.63, 3.8) is 0 Å². The van der Waals surface area contributed by atoms with Crippen LogP contribution in [0.15, 0.2) is 41.3 Å². The minimum Gasteiger partial charge on any atom is -0.477 e. The summed E-state index contributed by atoms with van der Waals surface area (Å²) in [6, 6.07) is 10.1. The average molecular weight is 388 g/mol. The second-order valence-corrected chi connectivity index (χ2v) is 8.38. The number of rotatable bonds is 3. The molecule has 0 saturated heterocycles. The molecule has 1 fully saturated rings. The van der Waals surface area contributed by atoms with E-state index < -0.39 is 11.5 Å². The minimum atomic E-state index is -1.17. The third-order valence-electron chi connectivity index (χ3n) is 6.48. The summed E-state index contributed by atoms with van der Waals surface area (Å²) in [6.45, 7) is 2.02. The van der Waals surface area contributed by atoms with Crippen LogP contribution < -0.4 is 11.3 Å². The van der Waals surface area contributed by atoms with Crippen LogP contribution >= 0.6 is 0 Å². The standard InChI is InChI=1S/C24H24N2O3/c1-13-17(16-8-7-14-3-2-4-21(25)18(14)11-16)9-10-26-22(13)19(15-5-6-15)12-20(23(26)27)24(28)29/h7-12,15,21H,2-6,25H2,1H3,(H,28,29). The van der Waals surface area contributed by atoms with Gasteiger partial charge in [0.25, 0.3) is 5.56 Å². The molecule has 2 aliphatic carbocycles. The molecule has 0 amide bonds. The number of nitrogens with two attached hydrogens (primary N) is 1. The first kappa shape index (κ1) is 18.1. The molecule has 2 aromatic heterocycles. The molecule has 148 valence electrons. The summed E-state index contributed by atoms with van der Waals surface area (Å²) in [5.41, 5.74) is 13.3. The first-order chi connectivity index (χ1) is 14.0. The van der Waals surface area contributed by atoms with E-state index in [0.29, 0.717) is 5.92 Å². The van der Waals surface area contributed by atoms with Crippen molar-refractivity contribution in [1.82, 2.24) is 4.40 Å². The Morgan fingerprint density at radius 2 is 1.93 bits per heavy atom. The Labute approximate surface area is 168 Å². The van der Waals surface area contributed by atoms with Crippen LogP contribution in [-0.2, 0) is 6.42 Å². The Kier molecular flexibility index (Phi) is 4.10. The normalized spacial score (nSPS) is 18.6. The van der Waals surface area contributed by atoms with Gasteiger partial charge in [0.1, 0.15) is 5.56 Å². The van der Waals surface area contributed by atoms with Crippen LogP contribution in [-0.4, -0.2) is 15.5 Å². The zero-order valence-corrected chi connectivity index (χ0v) is 16.4. The zero-order valence-electron chi connectivity index (χ0n) is 16.4. The number of aryl methyl sites for hydroxylation is 2. The van der Waals surface area contributed by atoms with E-state index in [-0.39, 0.29) is 11.6 Å². The molecule has 2 aliphatic rings. The number of carboxylic acid groups (broad SMARTS) is 1. The van der Waals surface area contributed by atoms with Gasteiger partial charge < -0.3 is 10.8 Å². The van der Waals surface area contributed by atoms with Crippen LogP contribution in [0.2, 0.25) is 0 Å². The van der Waals surface area contributed by atoms with Gasteiger partial charge >= 0.3 is 5.97 Å². The maximum atomic E-state index is 12.8. The number of fused-ring (bicyclic) bond motifs is 2. The predicted octanol–water partition coefficient (Wildman–Crippen LogP) is 4.19. The smallest absolute Gasteiger partial charge is 0.341 e. The van der Waals surface area contributed by atoms with Gasteiger partial charge in [0, 0.05) is 12.2 Å². The van der Waals surface area contributed by atoms with Crippen LogP contribution in [0.1, 0.15) is 70.3 Å². The lowest BCUT2D eigenvalue weighted by Crippen LogP contribution is -2.23. The fraction of sp³-hybridized carbons (Fsp3) is 0.333. The predicted molar refractivity (Wildman–Crippen MR) is 113 cm³/mol. The topological polar surface area (TPSA) is 84.8 Å². The van der Waals surface area contributed by atoms with Crippen LogP contribution in [0.5, 0.6) is 0 Å². The summed E-state index contributed by atoms with van der Waals surface area (Å²) in [5, 5.41) is 9.47. The van der Waals surface area contributed by atoms with Gasteiger partial charge in [-0.1, -0.05) is 12.1 Å². The number of aromatic nitrogens is 1. The Hall–Kier alpha value is -2.92. The molecule has 29 heavy (non-hydrogen) atoms. The molecular weight excluding hydrogens is 364 g/mol. The third-order valence-corrected chi connectivity index (χ3v) is 6.48. The highest BCUT2D eigenvalue weighted by Gasteiger charge is 2.29. The first-order valence-corrected chi connectivity index (χ1v) is 10.3. The van der Waals surface area contributed by atoms with Gasteiger partial charge in [-0.05, 0) is 96.5 Å². The van der Waals surface area contributed by atoms with E-state index in [1.165, 1.54) is 15.5 Å². The third kappa shape index (κ3) is 2.88. The lowest BCUT2D eigenvalue weighted by Gasteiger charge is -2.23. The van der Waals surface area contributed by atoms with Crippen molar-refractivity contribution >= 4 is 11.5 Å². The van der Waals surface area contributed by atoms with E-state index in [1.807, 2.05) is 13.0 Å². The van der Waals surface area contributed by atoms with Crippen molar-refractivity contribution in [2.45, 2.75) is 51.0 Å². The molecule has 0 spiro atoms. The molecule has 0 aliphatic heterocycles. The van der Waals surface area contributed by atoms with E-state index in [2.05, 4.69) is 18.2 Å². The van der Waals surface area contributed by atoms with Crippen molar-refractivity contribution in [1.29, 1.82) is 0 Å². The molecule has 1 atom stereocenters. The number of carboxylic acids is 1. The Bertz CT molecular complexity index is 1220. The highest BCUT2D eigenvalue weighted by Crippen LogP contribution is 2.43. The van der Waals surface area contributed by atoms with Gasteiger partial charge in [-0.15, -0.1) is 0 Å². The molecule has 1 unspecified atom stereocenters. The van der Waals surface area contributed by atoms with E-state index in [4.69, 9.17) is 5.73 Å². The molecule has 1 aromatic carbocycles. The van der Waals surface area contributed by atoms with Gasteiger partial charge in [0.05, 0.1) is 5.52 Å². The summed E-state index contributed by atoms with van der Waals surface area (Å²) in [4.78, 5) is 24.3. The summed E-state index contributed by atoms with van der Waals surface area (Å²) in [6.07, 6.45) is 6.99. The van der Waals surface area contributed by atoms with Crippen LogP contribution in [0.4, 0.5) is 0 Å². The van der Waals surface area contributed by atoms with Crippen LogP contribution in [0.25, 0.3) is 16.6 Å². The highest BCUT2D eigenvalue weighted by atomic mass is 16.4. The largest absolute Gasteiger partial charge is 0.477 e. The Morgan fingerprint density at radius 3 is 2.66 bits per heavy atom. The lowest BCUT2D eigenvalue weighted by molar-refractivity contribution is 0.0694. The number of hydrogen-bond acceptors (Lipinski definition) is 3. The Balaban J connectivity index is 1.75. The molecule has 5 nitrogen and oxygen atoms in total. The number of pyridine rings is 2. The van der Waals surface area contributed by atoms with E-state index in [1.54, 1.807) is 12.3 Å². The molecule has 5 rings (SSSR count). The number of benzene rings is 1. The SMILES string of the molecule is Cc1c(-c2ccc3c(c2)C(N)CCC3)ccn2c(=O)c(C(=O)O)cc(C3CC3)c12. The van der Waals surface area contributed by atoms with Crippen molar-refractivity contribution in [3.05, 3.63) is 74.7 Å². The van der Waals surface area contributed by atoms with Gasteiger partial charge in [0.15, 0.2) is 0 Å². The monoisotopic (exact) mass is 388 g/mol. The fourth-order valence-corrected chi connectivity index (χ4v) is 4.77. The molecule has 1 saturated carbocycles. The summed E-state index contributed by atoms with van der Waals surface area (Å²) < 4.78 is 1.51. The molecular formula is C24H24N2O3. The van der Waals surface area contributed by atoms with Gasteiger partial charge in [-0.2, -0.15) is 0 Å². The van der Waals surface area contributed by atoms with Crippen LogP contribution in [0, 0.1) is 6.92 Å². The molecule has 0 bridgehead atoms. The summed E-state index contributed by atoms with van der Waals surface area (Å²) in [7, 11) is 0.